The SMILES string of the molecule is Clc1c2c(nc3c1ccc1nsnc13)CCC2. The second kappa shape index (κ2) is 3.37. The van der Waals surface area contributed by atoms with Gasteiger partial charge in [-0.05, 0) is 37.0 Å². The average Bonchev–Trinajstić information content (AvgIpc) is 2.96. The van der Waals surface area contributed by atoms with Crippen molar-refractivity contribution >= 4 is 45.3 Å². The number of aryl methyl sites for hydroxylation is 1. The Hall–Kier alpha value is -1.26. The van der Waals surface area contributed by atoms with Crippen LogP contribution in [0.3, 0.4) is 0 Å². The summed E-state index contributed by atoms with van der Waals surface area (Å²) in [6, 6.07) is 3.98. The summed E-state index contributed by atoms with van der Waals surface area (Å²) in [6.07, 6.45) is 3.22. The fourth-order valence-electron chi connectivity index (χ4n) is 2.51. The predicted octanol–water partition coefficient (Wildman–Crippen LogP) is 3.38. The van der Waals surface area contributed by atoms with Gasteiger partial charge in [-0.2, -0.15) is 8.75 Å². The van der Waals surface area contributed by atoms with Gasteiger partial charge in [-0.3, -0.25) is 4.98 Å². The van der Waals surface area contributed by atoms with Crippen LogP contribution in [0.4, 0.5) is 0 Å². The molecule has 0 radical (unpaired) electrons. The van der Waals surface area contributed by atoms with Crippen LogP contribution in [0.2, 0.25) is 5.02 Å². The molecule has 2 aromatic heterocycles. The highest BCUT2D eigenvalue weighted by atomic mass is 35.5. The molecule has 0 bridgehead atoms. The molecule has 1 aliphatic rings. The molecule has 0 saturated carbocycles. The second-order valence-electron chi connectivity index (χ2n) is 4.30. The highest BCUT2D eigenvalue weighted by Crippen LogP contribution is 2.35. The molecular formula is C12H8ClN3S. The van der Waals surface area contributed by atoms with E-state index in [0.717, 1.165) is 51.9 Å². The minimum Gasteiger partial charge on any atom is -0.250 e. The molecule has 3 aromatic rings. The van der Waals surface area contributed by atoms with Crippen LogP contribution in [0.15, 0.2) is 12.1 Å². The molecule has 17 heavy (non-hydrogen) atoms. The van der Waals surface area contributed by atoms with Gasteiger partial charge in [0.05, 0.1) is 16.8 Å². The van der Waals surface area contributed by atoms with Gasteiger partial charge in [-0.15, -0.1) is 0 Å². The fourth-order valence-corrected chi connectivity index (χ4v) is 3.41. The van der Waals surface area contributed by atoms with E-state index in [1.54, 1.807) is 0 Å². The Morgan fingerprint density at radius 2 is 2.06 bits per heavy atom. The molecule has 1 aromatic carbocycles. The van der Waals surface area contributed by atoms with Crippen LogP contribution in [-0.2, 0) is 12.8 Å². The Kier molecular flexibility index (Phi) is 1.93. The van der Waals surface area contributed by atoms with Gasteiger partial charge in [0.1, 0.15) is 16.6 Å². The van der Waals surface area contributed by atoms with E-state index in [1.807, 2.05) is 12.1 Å². The van der Waals surface area contributed by atoms with Crippen molar-refractivity contribution < 1.29 is 0 Å². The van der Waals surface area contributed by atoms with E-state index in [0.29, 0.717) is 0 Å². The van der Waals surface area contributed by atoms with Crippen molar-refractivity contribution in [2.75, 3.05) is 0 Å². The monoisotopic (exact) mass is 261 g/mol. The molecule has 0 N–H and O–H groups in total. The van der Waals surface area contributed by atoms with Gasteiger partial charge in [0.2, 0.25) is 0 Å². The number of hydrogen-bond donors (Lipinski definition) is 0. The molecule has 0 unspecified atom stereocenters. The number of halogens is 1. The first-order chi connectivity index (χ1) is 8.34. The number of fused-ring (bicyclic) bond motifs is 4. The van der Waals surface area contributed by atoms with Gasteiger partial charge in [-0.25, -0.2) is 0 Å². The number of rotatable bonds is 0. The Morgan fingerprint density at radius 1 is 1.12 bits per heavy atom. The van der Waals surface area contributed by atoms with Crippen LogP contribution in [-0.4, -0.2) is 13.7 Å². The summed E-state index contributed by atoms with van der Waals surface area (Å²) in [5, 5.41) is 1.87. The standard InChI is InChI=1S/C12H8ClN3S/c13-10-6-2-1-3-8(6)14-11-7(10)4-5-9-12(11)16-17-15-9/h4-5H,1-3H2. The molecular weight excluding hydrogens is 254 g/mol. The van der Waals surface area contributed by atoms with Crippen molar-refractivity contribution in [2.45, 2.75) is 19.3 Å². The minimum atomic E-state index is 0.859. The zero-order valence-corrected chi connectivity index (χ0v) is 10.5. The largest absolute Gasteiger partial charge is 0.250 e. The quantitative estimate of drug-likeness (QED) is 0.623. The number of aromatic nitrogens is 3. The van der Waals surface area contributed by atoms with E-state index in [2.05, 4.69) is 8.75 Å². The first-order valence-electron chi connectivity index (χ1n) is 5.57. The lowest BCUT2D eigenvalue weighted by Crippen LogP contribution is -1.92. The summed E-state index contributed by atoms with van der Waals surface area (Å²) >= 11 is 7.69. The lowest BCUT2D eigenvalue weighted by molar-refractivity contribution is 0.901. The maximum atomic E-state index is 6.47. The molecule has 0 saturated heterocycles. The van der Waals surface area contributed by atoms with Crippen LogP contribution in [0.1, 0.15) is 17.7 Å². The second-order valence-corrected chi connectivity index (χ2v) is 5.20. The molecule has 0 atom stereocenters. The van der Waals surface area contributed by atoms with Crippen molar-refractivity contribution in [1.82, 2.24) is 13.7 Å². The molecule has 4 rings (SSSR count). The third-order valence-corrected chi connectivity index (χ3v) is 4.31. The normalized spacial score (nSPS) is 14.6. The van der Waals surface area contributed by atoms with E-state index in [-0.39, 0.29) is 0 Å². The van der Waals surface area contributed by atoms with Crippen molar-refractivity contribution in [2.24, 2.45) is 0 Å². The molecule has 1 aliphatic carbocycles. The summed E-state index contributed by atoms with van der Waals surface area (Å²) in [5.74, 6) is 0. The summed E-state index contributed by atoms with van der Waals surface area (Å²) in [7, 11) is 0. The molecule has 3 nitrogen and oxygen atoms in total. The highest BCUT2D eigenvalue weighted by Gasteiger charge is 2.20. The first kappa shape index (κ1) is 9.74. The van der Waals surface area contributed by atoms with E-state index in [1.165, 1.54) is 17.3 Å². The number of nitrogens with zero attached hydrogens (tertiary/aromatic N) is 3. The highest BCUT2D eigenvalue weighted by molar-refractivity contribution is 7.00. The van der Waals surface area contributed by atoms with Crippen molar-refractivity contribution in [3.8, 4) is 0 Å². The Labute approximate surface area is 107 Å². The van der Waals surface area contributed by atoms with Crippen LogP contribution in [0.5, 0.6) is 0 Å². The maximum absolute atomic E-state index is 6.47. The zero-order valence-electron chi connectivity index (χ0n) is 8.90. The molecule has 2 heterocycles. The summed E-state index contributed by atoms with van der Waals surface area (Å²) in [5.41, 5.74) is 5.06. The lowest BCUT2D eigenvalue weighted by Gasteiger charge is -2.06. The summed E-state index contributed by atoms with van der Waals surface area (Å²) < 4.78 is 8.56. The molecule has 0 aliphatic heterocycles. The first-order valence-corrected chi connectivity index (χ1v) is 6.67. The van der Waals surface area contributed by atoms with Crippen LogP contribution in [0.25, 0.3) is 21.9 Å². The van der Waals surface area contributed by atoms with E-state index < -0.39 is 0 Å². The number of hydrogen-bond acceptors (Lipinski definition) is 4. The maximum Gasteiger partial charge on any atom is 0.131 e. The van der Waals surface area contributed by atoms with Gasteiger partial charge in [0.15, 0.2) is 0 Å². The topological polar surface area (TPSA) is 38.7 Å². The van der Waals surface area contributed by atoms with Gasteiger partial charge in [0.25, 0.3) is 0 Å². The van der Waals surface area contributed by atoms with Crippen LogP contribution in [0, 0.1) is 0 Å². The van der Waals surface area contributed by atoms with Gasteiger partial charge < -0.3 is 0 Å². The minimum absolute atomic E-state index is 0.859. The van der Waals surface area contributed by atoms with Crippen LogP contribution < -0.4 is 0 Å². The van der Waals surface area contributed by atoms with E-state index >= 15 is 0 Å². The molecule has 0 fully saturated rings. The average molecular weight is 262 g/mol. The Balaban J connectivity index is 2.25. The summed E-state index contributed by atoms with van der Waals surface area (Å²) in [4.78, 5) is 4.74. The van der Waals surface area contributed by atoms with Crippen molar-refractivity contribution in [3.63, 3.8) is 0 Å². The van der Waals surface area contributed by atoms with Crippen LogP contribution >= 0.6 is 23.3 Å². The molecule has 0 spiro atoms. The molecule has 5 heteroatoms. The van der Waals surface area contributed by atoms with E-state index in [4.69, 9.17) is 16.6 Å². The van der Waals surface area contributed by atoms with E-state index in [9.17, 15) is 0 Å². The third kappa shape index (κ3) is 1.25. The van der Waals surface area contributed by atoms with Gasteiger partial charge >= 0.3 is 0 Å². The van der Waals surface area contributed by atoms with Gasteiger partial charge in [0, 0.05) is 11.1 Å². The number of pyridine rings is 1. The Morgan fingerprint density at radius 3 is 3.00 bits per heavy atom. The molecule has 0 amide bonds. The zero-order chi connectivity index (χ0) is 11.4. The molecule has 84 valence electrons. The van der Waals surface area contributed by atoms with Crippen molar-refractivity contribution in [3.05, 3.63) is 28.4 Å². The predicted molar refractivity (Wildman–Crippen MR) is 69.8 cm³/mol. The smallest absolute Gasteiger partial charge is 0.131 e. The summed E-state index contributed by atoms with van der Waals surface area (Å²) in [6.45, 7) is 0. The fraction of sp³-hybridized carbons (Fsp3) is 0.250. The number of benzene rings is 1. The van der Waals surface area contributed by atoms with Gasteiger partial charge in [-0.1, -0.05) is 11.6 Å². The van der Waals surface area contributed by atoms with Crippen molar-refractivity contribution in [1.29, 1.82) is 0 Å². The Bertz CT molecular complexity index is 750. The lowest BCUT2D eigenvalue weighted by atomic mass is 10.1. The third-order valence-electron chi connectivity index (χ3n) is 3.34.